The van der Waals surface area contributed by atoms with E-state index in [0.717, 1.165) is 21.1 Å². The van der Waals surface area contributed by atoms with Gasteiger partial charge in [0.1, 0.15) is 5.69 Å². The van der Waals surface area contributed by atoms with Crippen LogP contribution >= 0.6 is 15.9 Å². The molecule has 5 heteroatoms. The molecule has 1 aromatic carbocycles. The molecule has 1 saturated carbocycles. The van der Waals surface area contributed by atoms with E-state index in [1.807, 2.05) is 21.8 Å². The monoisotopic (exact) mass is 316 g/mol. The first kappa shape index (κ1) is 11.2. The van der Waals surface area contributed by atoms with Crippen LogP contribution in [0.2, 0.25) is 0 Å². The molecule has 19 heavy (non-hydrogen) atoms. The Morgan fingerprint density at radius 3 is 2.84 bits per heavy atom. The molecule has 0 atom stereocenters. The average Bonchev–Trinajstić information content (AvgIpc) is 3.00. The summed E-state index contributed by atoms with van der Waals surface area (Å²) in [5.74, 6) is 0. The van der Waals surface area contributed by atoms with E-state index in [2.05, 4.69) is 51.4 Å². The summed E-state index contributed by atoms with van der Waals surface area (Å²) in [5, 5.41) is 10.1. The summed E-state index contributed by atoms with van der Waals surface area (Å²) in [6, 6.07) is 4.87. The molecule has 96 valence electrons. The van der Waals surface area contributed by atoms with E-state index in [1.165, 1.54) is 18.4 Å². The van der Waals surface area contributed by atoms with Crippen molar-refractivity contribution in [2.75, 3.05) is 0 Å². The van der Waals surface area contributed by atoms with E-state index in [4.69, 9.17) is 0 Å². The Morgan fingerprint density at radius 1 is 1.21 bits per heavy atom. The molecule has 0 saturated heterocycles. The van der Waals surface area contributed by atoms with Gasteiger partial charge in [-0.1, -0.05) is 15.9 Å². The summed E-state index contributed by atoms with van der Waals surface area (Å²) in [6.45, 7) is 2.09. The smallest absolute Gasteiger partial charge is 0.103 e. The first-order valence-corrected chi connectivity index (χ1v) is 7.20. The van der Waals surface area contributed by atoms with Gasteiger partial charge in [0.2, 0.25) is 0 Å². The minimum Gasteiger partial charge on any atom is -0.267 e. The third-order valence-electron chi connectivity index (χ3n) is 3.60. The minimum atomic E-state index is 0.601. The molecule has 0 spiro atoms. The summed E-state index contributed by atoms with van der Waals surface area (Å²) < 4.78 is 5.11. The van der Waals surface area contributed by atoms with Gasteiger partial charge >= 0.3 is 0 Å². The molecule has 0 amide bonds. The van der Waals surface area contributed by atoms with Crippen molar-refractivity contribution < 1.29 is 0 Å². The molecule has 2 heterocycles. The maximum Gasteiger partial charge on any atom is 0.103 e. The predicted octanol–water partition coefficient (Wildman–Crippen LogP) is 3.63. The molecule has 1 aliphatic rings. The molecule has 2 aromatic heterocycles. The second-order valence-corrected chi connectivity index (χ2v) is 5.98. The molecule has 0 radical (unpaired) electrons. The highest BCUT2D eigenvalue weighted by Gasteiger charge is 2.24. The van der Waals surface area contributed by atoms with E-state index < -0.39 is 0 Å². The quantitative estimate of drug-likeness (QED) is 0.723. The Morgan fingerprint density at radius 2 is 2.05 bits per heavy atom. The molecule has 1 fully saturated rings. The van der Waals surface area contributed by atoms with Gasteiger partial charge < -0.3 is 0 Å². The average molecular weight is 317 g/mol. The highest BCUT2D eigenvalue weighted by molar-refractivity contribution is 9.10. The van der Waals surface area contributed by atoms with E-state index in [1.54, 1.807) is 0 Å². The van der Waals surface area contributed by atoms with Crippen molar-refractivity contribution in [3.8, 4) is 5.69 Å². The molecule has 1 aliphatic carbocycles. The van der Waals surface area contributed by atoms with Gasteiger partial charge in [0, 0.05) is 9.86 Å². The zero-order valence-corrected chi connectivity index (χ0v) is 12.1. The van der Waals surface area contributed by atoms with Crippen LogP contribution in [0.25, 0.3) is 16.6 Å². The summed E-state index contributed by atoms with van der Waals surface area (Å²) in [4.78, 5) is 0. The van der Waals surface area contributed by atoms with E-state index >= 15 is 0 Å². The fourth-order valence-electron chi connectivity index (χ4n) is 2.34. The van der Waals surface area contributed by atoms with Crippen LogP contribution in [-0.4, -0.2) is 19.6 Å². The Hall–Kier alpha value is -1.62. The predicted molar refractivity (Wildman–Crippen MR) is 77.6 cm³/mol. The summed E-state index contributed by atoms with van der Waals surface area (Å²) in [7, 11) is 0. The Kier molecular flexibility index (Phi) is 2.33. The molecule has 0 N–H and O–H groups in total. The van der Waals surface area contributed by atoms with Crippen molar-refractivity contribution >= 4 is 26.8 Å². The molecular weight excluding hydrogens is 304 g/mol. The second-order valence-electron chi connectivity index (χ2n) is 5.13. The van der Waals surface area contributed by atoms with Crippen LogP contribution in [0, 0.1) is 6.92 Å². The van der Waals surface area contributed by atoms with Gasteiger partial charge in [0.05, 0.1) is 30.1 Å². The Bertz CT molecular complexity index is 767. The van der Waals surface area contributed by atoms with Crippen molar-refractivity contribution in [2.45, 2.75) is 25.8 Å². The van der Waals surface area contributed by atoms with Crippen molar-refractivity contribution in [1.82, 2.24) is 19.6 Å². The number of aryl methyl sites for hydroxylation is 1. The van der Waals surface area contributed by atoms with E-state index in [9.17, 15) is 0 Å². The summed E-state index contributed by atoms with van der Waals surface area (Å²) >= 11 is 3.58. The Labute approximate surface area is 119 Å². The van der Waals surface area contributed by atoms with Crippen LogP contribution in [-0.2, 0) is 0 Å². The van der Waals surface area contributed by atoms with Crippen molar-refractivity contribution in [3.05, 3.63) is 40.8 Å². The number of halogens is 1. The molecular formula is C14H13BrN4. The van der Waals surface area contributed by atoms with Crippen molar-refractivity contribution in [3.63, 3.8) is 0 Å². The molecule has 4 nitrogen and oxygen atoms in total. The number of aromatic nitrogens is 4. The number of rotatable bonds is 2. The van der Waals surface area contributed by atoms with Crippen LogP contribution in [0.15, 0.2) is 35.2 Å². The lowest BCUT2D eigenvalue weighted by Crippen LogP contribution is -1.95. The third-order valence-corrected chi connectivity index (χ3v) is 4.46. The van der Waals surface area contributed by atoms with Gasteiger partial charge in [-0.05, 0) is 37.5 Å². The largest absolute Gasteiger partial charge is 0.267 e. The van der Waals surface area contributed by atoms with E-state index in [-0.39, 0.29) is 0 Å². The topological polar surface area (TPSA) is 35.6 Å². The summed E-state index contributed by atoms with van der Waals surface area (Å²) in [5.41, 5.74) is 3.35. The lowest BCUT2D eigenvalue weighted by molar-refractivity contribution is 0.641. The van der Waals surface area contributed by atoms with Gasteiger partial charge in [-0.3, -0.25) is 4.68 Å². The minimum absolute atomic E-state index is 0.601. The van der Waals surface area contributed by atoms with Gasteiger partial charge in [-0.2, -0.15) is 10.2 Å². The maximum absolute atomic E-state index is 4.48. The number of fused-ring (bicyclic) bond motifs is 1. The SMILES string of the molecule is Cc1cc2cnn(-c3cnn(C4CC4)c3)c2cc1Br. The second kappa shape index (κ2) is 3.93. The van der Waals surface area contributed by atoms with Crippen LogP contribution in [0.3, 0.4) is 0 Å². The molecule has 0 unspecified atom stereocenters. The Balaban J connectivity index is 1.87. The molecule has 0 aliphatic heterocycles. The number of nitrogens with zero attached hydrogens (tertiary/aromatic N) is 4. The van der Waals surface area contributed by atoms with Crippen LogP contribution < -0.4 is 0 Å². The van der Waals surface area contributed by atoms with Gasteiger partial charge in [-0.15, -0.1) is 0 Å². The van der Waals surface area contributed by atoms with Crippen molar-refractivity contribution in [2.24, 2.45) is 0 Å². The lowest BCUT2D eigenvalue weighted by Gasteiger charge is -2.02. The molecule has 3 aromatic rings. The number of benzene rings is 1. The first-order valence-electron chi connectivity index (χ1n) is 6.41. The lowest BCUT2D eigenvalue weighted by atomic mass is 10.2. The first-order chi connectivity index (χ1) is 9.22. The summed E-state index contributed by atoms with van der Waals surface area (Å²) in [6.07, 6.45) is 8.36. The fourth-order valence-corrected chi connectivity index (χ4v) is 2.68. The highest BCUT2D eigenvalue weighted by Crippen LogP contribution is 2.34. The van der Waals surface area contributed by atoms with Crippen LogP contribution in [0.1, 0.15) is 24.4 Å². The van der Waals surface area contributed by atoms with Crippen molar-refractivity contribution in [1.29, 1.82) is 0 Å². The fraction of sp³-hybridized carbons (Fsp3) is 0.286. The normalized spacial score (nSPS) is 15.3. The van der Waals surface area contributed by atoms with Gasteiger partial charge in [-0.25, -0.2) is 4.68 Å². The third kappa shape index (κ3) is 1.80. The van der Waals surface area contributed by atoms with Gasteiger partial charge in [0.15, 0.2) is 0 Å². The molecule has 4 rings (SSSR count). The van der Waals surface area contributed by atoms with Crippen LogP contribution in [0.5, 0.6) is 0 Å². The van der Waals surface area contributed by atoms with Crippen LogP contribution in [0.4, 0.5) is 0 Å². The standard InChI is InChI=1S/C14H13BrN4/c1-9-4-10-6-17-19(14(10)5-13(9)15)12-7-16-18(8-12)11-2-3-11/h4-8,11H,2-3H2,1H3. The number of hydrogen-bond acceptors (Lipinski definition) is 2. The zero-order valence-electron chi connectivity index (χ0n) is 10.5. The highest BCUT2D eigenvalue weighted by atomic mass is 79.9. The number of hydrogen-bond donors (Lipinski definition) is 0. The maximum atomic E-state index is 4.48. The zero-order chi connectivity index (χ0) is 13.0. The van der Waals surface area contributed by atoms with E-state index in [0.29, 0.717) is 6.04 Å². The van der Waals surface area contributed by atoms with Gasteiger partial charge in [0.25, 0.3) is 0 Å². The molecule has 0 bridgehead atoms.